The Labute approximate surface area is 105 Å². The van der Waals surface area contributed by atoms with Gasteiger partial charge in [0.2, 0.25) is 5.91 Å². The molecule has 0 saturated carbocycles. The van der Waals surface area contributed by atoms with Crippen molar-refractivity contribution in [2.75, 3.05) is 5.32 Å². The Kier molecular flexibility index (Phi) is 3.77. The molecule has 0 bridgehead atoms. The summed E-state index contributed by atoms with van der Waals surface area (Å²) >= 11 is 0. The second-order valence-corrected chi connectivity index (χ2v) is 4.35. The maximum absolute atomic E-state index is 12.1. The van der Waals surface area contributed by atoms with Crippen LogP contribution < -0.4 is 5.32 Å². The Hall–Kier alpha value is -2.10. The molecule has 1 amide bonds. The smallest absolute Gasteiger partial charge is 0.307 e. The van der Waals surface area contributed by atoms with Crippen molar-refractivity contribution in [2.24, 2.45) is 11.8 Å². The minimum absolute atomic E-state index is 0.224. The number of nitrogens with one attached hydrogen (secondary N) is 1. The lowest BCUT2D eigenvalue weighted by Gasteiger charge is -2.24. The van der Waals surface area contributed by atoms with Crippen LogP contribution in [0.4, 0.5) is 5.69 Å². The number of anilines is 1. The fraction of sp³-hybridized carbons (Fsp3) is 0.286. The molecular formula is C14H15NO3. The highest BCUT2D eigenvalue weighted by atomic mass is 16.4. The highest BCUT2D eigenvalue weighted by Crippen LogP contribution is 2.27. The summed E-state index contributed by atoms with van der Waals surface area (Å²) in [5.41, 5.74) is 0.696. The number of benzene rings is 1. The first kappa shape index (κ1) is 12.4. The molecule has 1 aromatic carbocycles. The van der Waals surface area contributed by atoms with Gasteiger partial charge in [0.05, 0.1) is 11.8 Å². The van der Waals surface area contributed by atoms with Crippen LogP contribution in [0.25, 0.3) is 0 Å². The molecule has 0 spiro atoms. The lowest BCUT2D eigenvalue weighted by Crippen LogP contribution is -2.34. The van der Waals surface area contributed by atoms with E-state index in [4.69, 9.17) is 5.11 Å². The zero-order chi connectivity index (χ0) is 13.0. The summed E-state index contributed by atoms with van der Waals surface area (Å²) in [6.07, 6.45) is 4.59. The van der Waals surface area contributed by atoms with Gasteiger partial charge in [-0.25, -0.2) is 0 Å². The molecule has 0 heterocycles. The van der Waals surface area contributed by atoms with Crippen molar-refractivity contribution in [1.82, 2.24) is 0 Å². The second kappa shape index (κ2) is 5.49. The average molecular weight is 245 g/mol. The van der Waals surface area contributed by atoms with Crippen LogP contribution in [-0.4, -0.2) is 17.0 Å². The molecule has 1 aromatic rings. The Morgan fingerprint density at radius 1 is 1.06 bits per heavy atom. The monoisotopic (exact) mass is 245 g/mol. The Balaban J connectivity index is 2.08. The van der Waals surface area contributed by atoms with Crippen LogP contribution in [0.15, 0.2) is 42.5 Å². The molecule has 94 valence electrons. The van der Waals surface area contributed by atoms with Gasteiger partial charge < -0.3 is 10.4 Å². The molecule has 2 rings (SSSR count). The van der Waals surface area contributed by atoms with E-state index in [2.05, 4.69) is 5.32 Å². The van der Waals surface area contributed by atoms with Crippen LogP contribution in [0.5, 0.6) is 0 Å². The van der Waals surface area contributed by atoms with Gasteiger partial charge in [-0.2, -0.15) is 0 Å². The van der Waals surface area contributed by atoms with Crippen LogP contribution in [-0.2, 0) is 9.59 Å². The van der Waals surface area contributed by atoms with Crippen LogP contribution in [0.3, 0.4) is 0 Å². The van der Waals surface area contributed by atoms with Gasteiger partial charge in [-0.1, -0.05) is 30.4 Å². The molecule has 0 unspecified atom stereocenters. The van der Waals surface area contributed by atoms with Crippen molar-refractivity contribution >= 4 is 17.6 Å². The Morgan fingerprint density at radius 3 is 2.28 bits per heavy atom. The number of allylic oxidation sites excluding steroid dienone is 2. The molecule has 4 heteroatoms. The molecule has 2 atom stereocenters. The van der Waals surface area contributed by atoms with E-state index in [0.717, 1.165) is 0 Å². The molecule has 18 heavy (non-hydrogen) atoms. The first-order chi connectivity index (χ1) is 8.68. The molecule has 1 aliphatic rings. The van der Waals surface area contributed by atoms with E-state index in [-0.39, 0.29) is 5.91 Å². The first-order valence-corrected chi connectivity index (χ1v) is 5.92. The normalized spacial score (nSPS) is 22.4. The number of hydrogen-bond acceptors (Lipinski definition) is 2. The number of carbonyl (C=O) groups excluding carboxylic acids is 1. The average Bonchev–Trinajstić information content (AvgIpc) is 2.40. The standard InChI is InChI=1S/C14H15NO3/c16-13(15-10-6-2-1-3-7-10)11-8-4-5-9-12(11)14(17)18/h1-7,11-12H,8-9H2,(H,15,16)(H,17,18)/t11-,12+/m1/s1. The van der Waals surface area contributed by atoms with E-state index in [9.17, 15) is 9.59 Å². The van der Waals surface area contributed by atoms with E-state index >= 15 is 0 Å². The lowest BCUT2D eigenvalue weighted by molar-refractivity contribution is -0.146. The zero-order valence-electron chi connectivity index (χ0n) is 9.87. The predicted octanol–water partition coefficient (Wildman–Crippen LogP) is 2.29. The molecule has 0 saturated heterocycles. The summed E-state index contributed by atoms with van der Waals surface area (Å²) in [5, 5.41) is 11.9. The van der Waals surface area contributed by atoms with Crippen molar-refractivity contribution in [3.63, 3.8) is 0 Å². The minimum Gasteiger partial charge on any atom is -0.481 e. The zero-order valence-corrected chi connectivity index (χ0v) is 9.87. The third-order valence-electron chi connectivity index (χ3n) is 3.13. The van der Waals surface area contributed by atoms with Gasteiger partial charge in [0.1, 0.15) is 0 Å². The van der Waals surface area contributed by atoms with Crippen molar-refractivity contribution in [3.05, 3.63) is 42.5 Å². The van der Waals surface area contributed by atoms with Crippen molar-refractivity contribution in [1.29, 1.82) is 0 Å². The van der Waals surface area contributed by atoms with Gasteiger partial charge in [0.25, 0.3) is 0 Å². The fourth-order valence-corrected chi connectivity index (χ4v) is 2.13. The number of aliphatic carboxylic acids is 1. The number of rotatable bonds is 3. The topological polar surface area (TPSA) is 66.4 Å². The van der Waals surface area contributed by atoms with E-state index in [1.807, 2.05) is 30.4 Å². The van der Waals surface area contributed by atoms with Gasteiger partial charge in [-0.05, 0) is 25.0 Å². The summed E-state index contributed by atoms with van der Waals surface area (Å²) in [4.78, 5) is 23.2. The molecule has 0 aliphatic heterocycles. The van der Waals surface area contributed by atoms with Gasteiger partial charge in [0.15, 0.2) is 0 Å². The number of hydrogen-bond donors (Lipinski definition) is 2. The number of carbonyl (C=O) groups is 2. The molecule has 0 fully saturated rings. The highest BCUT2D eigenvalue weighted by Gasteiger charge is 2.33. The number of carboxylic acids is 1. The fourth-order valence-electron chi connectivity index (χ4n) is 2.13. The third-order valence-corrected chi connectivity index (χ3v) is 3.13. The minimum atomic E-state index is -0.910. The SMILES string of the molecule is O=C(O)[C@H]1CC=CC[C@H]1C(=O)Nc1ccccc1. The predicted molar refractivity (Wildman–Crippen MR) is 68.1 cm³/mol. The highest BCUT2D eigenvalue weighted by molar-refractivity contribution is 5.95. The van der Waals surface area contributed by atoms with Gasteiger partial charge in [0, 0.05) is 5.69 Å². The molecule has 2 N–H and O–H groups in total. The largest absolute Gasteiger partial charge is 0.481 e. The van der Waals surface area contributed by atoms with E-state index in [1.165, 1.54) is 0 Å². The van der Waals surface area contributed by atoms with Gasteiger partial charge >= 0.3 is 5.97 Å². The summed E-state index contributed by atoms with van der Waals surface area (Å²) in [5.74, 6) is -2.25. The summed E-state index contributed by atoms with van der Waals surface area (Å²) in [6, 6.07) is 9.08. The molecule has 0 aromatic heterocycles. The second-order valence-electron chi connectivity index (χ2n) is 4.35. The number of amides is 1. The van der Waals surface area contributed by atoms with Crippen molar-refractivity contribution < 1.29 is 14.7 Å². The first-order valence-electron chi connectivity index (χ1n) is 5.92. The van der Waals surface area contributed by atoms with Gasteiger partial charge in [-0.15, -0.1) is 0 Å². The molecule has 0 radical (unpaired) electrons. The maximum Gasteiger partial charge on any atom is 0.307 e. The van der Waals surface area contributed by atoms with Crippen LogP contribution >= 0.6 is 0 Å². The van der Waals surface area contributed by atoms with Crippen molar-refractivity contribution in [3.8, 4) is 0 Å². The molecule has 1 aliphatic carbocycles. The van der Waals surface area contributed by atoms with Crippen LogP contribution in [0.1, 0.15) is 12.8 Å². The Bertz CT molecular complexity index is 467. The lowest BCUT2D eigenvalue weighted by atomic mass is 9.82. The maximum atomic E-state index is 12.1. The molecular weight excluding hydrogens is 230 g/mol. The van der Waals surface area contributed by atoms with Gasteiger partial charge in [-0.3, -0.25) is 9.59 Å². The summed E-state index contributed by atoms with van der Waals surface area (Å²) in [6.45, 7) is 0. The van der Waals surface area contributed by atoms with Crippen LogP contribution in [0, 0.1) is 11.8 Å². The third kappa shape index (κ3) is 2.77. The quantitative estimate of drug-likeness (QED) is 0.803. The summed E-state index contributed by atoms with van der Waals surface area (Å²) < 4.78 is 0. The van der Waals surface area contributed by atoms with Crippen LogP contribution in [0.2, 0.25) is 0 Å². The number of para-hydroxylation sites is 1. The van der Waals surface area contributed by atoms with Crippen molar-refractivity contribution in [2.45, 2.75) is 12.8 Å². The van der Waals surface area contributed by atoms with E-state index in [1.54, 1.807) is 12.1 Å². The number of carboxylic acid groups (broad SMARTS) is 1. The summed E-state index contributed by atoms with van der Waals surface area (Å²) in [7, 11) is 0. The van der Waals surface area contributed by atoms with E-state index < -0.39 is 17.8 Å². The molecule has 4 nitrogen and oxygen atoms in total. The Morgan fingerprint density at radius 2 is 1.67 bits per heavy atom. The van der Waals surface area contributed by atoms with E-state index in [0.29, 0.717) is 18.5 Å².